The highest BCUT2D eigenvalue weighted by molar-refractivity contribution is 6.30. The van der Waals surface area contributed by atoms with E-state index in [2.05, 4.69) is 41.7 Å². The van der Waals surface area contributed by atoms with Crippen LogP contribution in [0.15, 0.2) is 73.4 Å². The average Bonchev–Trinajstić information content (AvgIpc) is 3.60. The smallest absolute Gasteiger partial charge is 0.122 e. The summed E-state index contributed by atoms with van der Waals surface area (Å²) >= 11 is 5.96. The third kappa shape index (κ3) is 6.48. The Morgan fingerprint density at radius 3 is 2.55 bits per heavy atom. The van der Waals surface area contributed by atoms with Crippen LogP contribution in [0.2, 0.25) is 5.02 Å². The van der Waals surface area contributed by atoms with E-state index >= 15 is 0 Å². The van der Waals surface area contributed by atoms with Gasteiger partial charge in [0.25, 0.3) is 0 Å². The molecule has 1 aromatic heterocycles. The highest BCUT2D eigenvalue weighted by atomic mass is 35.5. The minimum absolute atomic E-state index is 0.415. The summed E-state index contributed by atoms with van der Waals surface area (Å²) in [4.78, 5) is 4.49. The number of hydrogen-bond donors (Lipinski definition) is 1. The van der Waals surface area contributed by atoms with Crippen molar-refractivity contribution in [3.63, 3.8) is 0 Å². The van der Waals surface area contributed by atoms with Gasteiger partial charge in [0.15, 0.2) is 0 Å². The van der Waals surface area contributed by atoms with Crippen molar-refractivity contribution in [3.05, 3.63) is 95.3 Å². The molecule has 0 unspecified atom stereocenters. The lowest BCUT2D eigenvalue weighted by molar-refractivity contribution is 0.264. The lowest BCUT2D eigenvalue weighted by Crippen LogP contribution is -2.25. The SMILES string of the molecule is C=CCNCC1(CCOc2ccc(C#Cc3ccc(-c4ccc(Cl)cc4)cn3)cc2C)CC1. The zero-order chi connectivity index (χ0) is 23.1. The molecule has 0 spiro atoms. The summed E-state index contributed by atoms with van der Waals surface area (Å²) in [6.07, 6.45) is 7.39. The average molecular weight is 457 g/mol. The molecular formula is C29H29ClN2O. The van der Waals surface area contributed by atoms with E-state index in [9.17, 15) is 0 Å². The molecule has 1 aliphatic carbocycles. The number of rotatable bonds is 9. The third-order valence-electron chi connectivity index (χ3n) is 6.09. The van der Waals surface area contributed by atoms with Gasteiger partial charge in [-0.05, 0) is 85.0 Å². The zero-order valence-corrected chi connectivity index (χ0v) is 19.8. The Hall–Kier alpha value is -3.06. The van der Waals surface area contributed by atoms with E-state index < -0.39 is 0 Å². The zero-order valence-electron chi connectivity index (χ0n) is 19.0. The Balaban J connectivity index is 1.32. The summed E-state index contributed by atoms with van der Waals surface area (Å²) in [5, 5.41) is 4.17. The Morgan fingerprint density at radius 2 is 1.88 bits per heavy atom. The number of halogens is 1. The van der Waals surface area contributed by atoms with Crippen LogP contribution in [-0.2, 0) is 0 Å². The number of pyridine rings is 1. The van der Waals surface area contributed by atoms with Crippen molar-refractivity contribution in [2.75, 3.05) is 19.7 Å². The molecule has 1 saturated carbocycles. The first-order valence-electron chi connectivity index (χ1n) is 11.4. The van der Waals surface area contributed by atoms with Gasteiger partial charge in [-0.2, -0.15) is 0 Å². The van der Waals surface area contributed by atoms with Gasteiger partial charge in [-0.1, -0.05) is 41.8 Å². The Morgan fingerprint density at radius 1 is 1.09 bits per heavy atom. The summed E-state index contributed by atoms with van der Waals surface area (Å²) < 4.78 is 6.08. The molecule has 3 nitrogen and oxygen atoms in total. The molecule has 1 aliphatic rings. The van der Waals surface area contributed by atoms with Crippen molar-refractivity contribution in [3.8, 4) is 28.7 Å². The fourth-order valence-electron chi connectivity index (χ4n) is 3.82. The topological polar surface area (TPSA) is 34.1 Å². The van der Waals surface area contributed by atoms with Crippen molar-refractivity contribution < 1.29 is 4.74 Å². The summed E-state index contributed by atoms with van der Waals surface area (Å²) in [5.74, 6) is 7.30. The number of benzene rings is 2. The quantitative estimate of drug-likeness (QED) is 0.229. The van der Waals surface area contributed by atoms with Crippen molar-refractivity contribution in [1.29, 1.82) is 0 Å². The van der Waals surface area contributed by atoms with Crippen molar-refractivity contribution >= 4 is 11.6 Å². The standard InChI is InChI=1S/C29H29ClN2O/c1-3-17-31-21-29(14-15-29)16-18-33-28-13-5-23(19-22(28)2)4-11-27-12-8-25(20-32-27)24-6-9-26(30)10-7-24/h3,5-10,12-13,19-20,31H,1,14-18,21H2,2H3. The van der Waals surface area contributed by atoms with Crippen LogP contribution >= 0.6 is 11.6 Å². The largest absolute Gasteiger partial charge is 0.493 e. The third-order valence-corrected chi connectivity index (χ3v) is 6.34. The predicted octanol–water partition coefficient (Wildman–Crippen LogP) is 6.43. The molecular weight excluding hydrogens is 428 g/mol. The summed E-state index contributed by atoms with van der Waals surface area (Å²) in [5.41, 5.74) is 5.33. The summed E-state index contributed by atoms with van der Waals surface area (Å²) in [7, 11) is 0. The minimum atomic E-state index is 0.415. The molecule has 2 aromatic carbocycles. The van der Waals surface area contributed by atoms with Gasteiger partial charge < -0.3 is 10.1 Å². The number of hydrogen-bond acceptors (Lipinski definition) is 3. The van der Waals surface area contributed by atoms with Crippen molar-refractivity contribution in [1.82, 2.24) is 10.3 Å². The van der Waals surface area contributed by atoms with Gasteiger partial charge in [-0.15, -0.1) is 6.58 Å². The predicted molar refractivity (Wildman–Crippen MR) is 137 cm³/mol. The van der Waals surface area contributed by atoms with Crippen LogP contribution in [0.5, 0.6) is 5.75 Å². The lowest BCUT2D eigenvalue weighted by Gasteiger charge is -2.16. The number of aromatic nitrogens is 1. The van der Waals surface area contributed by atoms with Gasteiger partial charge in [0, 0.05) is 35.4 Å². The van der Waals surface area contributed by atoms with Crippen molar-refractivity contribution in [2.45, 2.75) is 26.2 Å². The van der Waals surface area contributed by atoms with E-state index in [0.29, 0.717) is 5.41 Å². The molecule has 1 fully saturated rings. The molecule has 33 heavy (non-hydrogen) atoms. The Labute approximate surface area is 201 Å². The number of nitrogens with zero attached hydrogens (tertiary/aromatic N) is 1. The Kier molecular flexibility index (Phi) is 7.50. The lowest BCUT2D eigenvalue weighted by atomic mass is 10.0. The van der Waals surface area contributed by atoms with Gasteiger partial charge in [0.2, 0.25) is 0 Å². The maximum absolute atomic E-state index is 6.08. The molecule has 4 rings (SSSR count). The molecule has 168 valence electrons. The van der Waals surface area contributed by atoms with Crippen LogP contribution in [-0.4, -0.2) is 24.7 Å². The summed E-state index contributed by atoms with van der Waals surface area (Å²) in [6, 6.07) is 17.8. The van der Waals surface area contributed by atoms with E-state index in [-0.39, 0.29) is 0 Å². The highest BCUT2D eigenvalue weighted by Crippen LogP contribution is 2.48. The molecule has 1 heterocycles. The van der Waals surface area contributed by atoms with Gasteiger partial charge in [-0.25, -0.2) is 4.98 Å². The molecule has 1 N–H and O–H groups in total. The van der Waals surface area contributed by atoms with Crippen LogP contribution in [0.1, 0.15) is 36.1 Å². The van der Waals surface area contributed by atoms with E-state index in [4.69, 9.17) is 16.3 Å². The second kappa shape index (κ2) is 10.7. The maximum atomic E-state index is 6.08. The van der Waals surface area contributed by atoms with Gasteiger partial charge in [-0.3, -0.25) is 0 Å². The summed E-state index contributed by atoms with van der Waals surface area (Å²) in [6.45, 7) is 8.49. The first-order valence-corrected chi connectivity index (χ1v) is 11.7. The number of ether oxygens (including phenoxy) is 1. The highest BCUT2D eigenvalue weighted by Gasteiger charge is 2.41. The van der Waals surface area contributed by atoms with Crippen LogP contribution < -0.4 is 10.1 Å². The maximum Gasteiger partial charge on any atom is 0.122 e. The fraction of sp³-hybridized carbons (Fsp3) is 0.276. The first kappa shape index (κ1) is 23.1. The van der Waals surface area contributed by atoms with E-state index in [1.54, 1.807) is 0 Å². The van der Waals surface area contributed by atoms with Crippen molar-refractivity contribution in [2.24, 2.45) is 5.41 Å². The Bertz CT molecular complexity index is 1150. The molecule has 4 heteroatoms. The molecule has 3 aromatic rings. The normalized spacial score (nSPS) is 13.6. The van der Waals surface area contributed by atoms with Gasteiger partial charge >= 0.3 is 0 Å². The molecule has 0 amide bonds. The molecule has 0 atom stereocenters. The number of aryl methyl sites for hydroxylation is 1. The first-order chi connectivity index (χ1) is 16.1. The molecule has 0 aliphatic heterocycles. The van der Waals surface area contributed by atoms with Crippen LogP contribution in [0.25, 0.3) is 11.1 Å². The minimum Gasteiger partial charge on any atom is -0.493 e. The van der Waals surface area contributed by atoms with Gasteiger partial charge in [0.1, 0.15) is 11.4 Å². The van der Waals surface area contributed by atoms with Crippen LogP contribution in [0.3, 0.4) is 0 Å². The molecule has 0 bridgehead atoms. The monoisotopic (exact) mass is 456 g/mol. The van der Waals surface area contributed by atoms with E-state index in [0.717, 1.165) is 64.8 Å². The van der Waals surface area contributed by atoms with Crippen LogP contribution in [0.4, 0.5) is 0 Å². The van der Waals surface area contributed by atoms with Crippen LogP contribution in [0, 0.1) is 24.2 Å². The molecule has 0 radical (unpaired) electrons. The molecule has 0 saturated heterocycles. The second-order valence-electron chi connectivity index (χ2n) is 8.69. The van der Waals surface area contributed by atoms with E-state index in [1.807, 2.05) is 60.8 Å². The fourth-order valence-corrected chi connectivity index (χ4v) is 3.94. The van der Waals surface area contributed by atoms with Gasteiger partial charge in [0.05, 0.1) is 6.61 Å². The number of nitrogens with one attached hydrogen (secondary N) is 1. The van der Waals surface area contributed by atoms with E-state index in [1.165, 1.54) is 12.8 Å². The second-order valence-corrected chi connectivity index (χ2v) is 9.12.